The van der Waals surface area contributed by atoms with Crippen molar-refractivity contribution >= 4 is 19.8 Å². The van der Waals surface area contributed by atoms with Gasteiger partial charge in [-0.15, -0.1) is 0 Å². The van der Waals surface area contributed by atoms with Gasteiger partial charge in [0.2, 0.25) is 0 Å². The monoisotopic (exact) mass is 796 g/mol. The van der Waals surface area contributed by atoms with E-state index in [9.17, 15) is 24.2 Å². The van der Waals surface area contributed by atoms with Crippen LogP contribution in [0.25, 0.3) is 0 Å². The number of ether oxygens (including phenoxy) is 2. The van der Waals surface area contributed by atoms with Crippen LogP contribution in [0.2, 0.25) is 0 Å². The molecule has 0 heterocycles. The van der Waals surface area contributed by atoms with E-state index >= 15 is 0 Å². The lowest BCUT2D eigenvalue weighted by molar-refractivity contribution is -0.870. The summed E-state index contributed by atoms with van der Waals surface area (Å²) in [7, 11) is 1.07. The number of likely N-dealkylation sites (N-methyl/N-ethyl adjacent to an activating group) is 1. The first-order valence-electron chi connectivity index (χ1n) is 21.1. The Labute approximate surface area is 335 Å². The topological polar surface area (TPSA) is 131 Å². The van der Waals surface area contributed by atoms with Crippen LogP contribution in [0.4, 0.5) is 0 Å². The van der Waals surface area contributed by atoms with E-state index in [1.165, 1.54) is 44.9 Å². The zero-order valence-corrected chi connectivity index (χ0v) is 36.1. The Kier molecular flexibility index (Phi) is 34.5. The molecule has 0 aliphatic heterocycles. The lowest BCUT2D eigenvalue weighted by Gasteiger charge is -2.28. The maximum atomic E-state index is 12.6. The van der Waals surface area contributed by atoms with Gasteiger partial charge in [0.1, 0.15) is 19.8 Å². The number of quaternary nitrogens is 1. The third-order valence-electron chi connectivity index (χ3n) is 8.59. The number of phosphoric acid groups is 1. The molecule has 10 nitrogen and oxygen atoms in total. The van der Waals surface area contributed by atoms with Crippen LogP contribution < -0.4 is 4.89 Å². The number of aliphatic hydroxyl groups excluding tert-OH is 1. The Hall–Kier alpha value is -2.33. The Morgan fingerprint density at radius 3 is 1.93 bits per heavy atom. The standard InChI is InChI=1S/C44H78NO9P/c1-6-8-10-12-14-16-17-18-19-21-23-27-32-36-44(48)54-42(40-53-55(49,50)52-38-37-45(3,4)5)39-51-43(47)35-31-28-24-26-30-34-41(46)33-29-25-22-20-15-13-11-9-7-2/h15-17,20,24-26,29-30,34,41-42,46H,6-14,18-19,21-23,27-28,31-33,35-40H2,1-5H3/b17-16-,20-15-,26-24+,29-25-,34-30-/t41?,42-/m1/s1. The molecule has 318 valence electrons. The fraction of sp³-hybridized carbons (Fsp3) is 0.727. The number of allylic oxidation sites excluding steroid dienone is 8. The average Bonchev–Trinajstić information content (AvgIpc) is 3.12. The van der Waals surface area contributed by atoms with Gasteiger partial charge in [-0.1, -0.05) is 126 Å². The second-order valence-electron chi connectivity index (χ2n) is 15.2. The van der Waals surface area contributed by atoms with Gasteiger partial charge in [-0.05, 0) is 70.6 Å². The van der Waals surface area contributed by atoms with Crippen molar-refractivity contribution in [3.63, 3.8) is 0 Å². The van der Waals surface area contributed by atoms with Gasteiger partial charge in [0.15, 0.2) is 6.10 Å². The van der Waals surface area contributed by atoms with Crippen LogP contribution in [0.3, 0.4) is 0 Å². The highest BCUT2D eigenvalue weighted by molar-refractivity contribution is 7.45. The smallest absolute Gasteiger partial charge is 0.306 e. The van der Waals surface area contributed by atoms with E-state index in [2.05, 4.69) is 44.2 Å². The molecule has 0 amide bonds. The fourth-order valence-electron chi connectivity index (χ4n) is 5.19. The minimum absolute atomic E-state index is 0.0570. The first kappa shape index (κ1) is 52.7. The van der Waals surface area contributed by atoms with E-state index < -0.39 is 38.6 Å². The predicted molar refractivity (Wildman–Crippen MR) is 223 cm³/mol. The third-order valence-corrected chi connectivity index (χ3v) is 9.55. The molecule has 0 saturated carbocycles. The maximum Gasteiger partial charge on any atom is 0.306 e. The van der Waals surface area contributed by atoms with E-state index in [1.807, 2.05) is 39.4 Å². The highest BCUT2D eigenvalue weighted by Gasteiger charge is 2.21. The lowest BCUT2D eigenvalue weighted by atomic mass is 10.1. The van der Waals surface area contributed by atoms with Crippen molar-refractivity contribution in [3.8, 4) is 0 Å². The Balaban J connectivity index is 4.59. The molecule has 3 atom stereocenters. The summed E-state index contributed by atoms with van der Waals surface area (Å²) in [5, 5.41) is 10.1. The van der Waals surface area contributed by atoms with Crippen LogP contribution in [-0.4, -0.2) is 81.2 Å². The highest BCUT2D eigenvalue weighted by atomic mass is 31.2. The van der Waals surface area contributed by atoms with Gasteiger partial charge in [0.25, 0.3) is 7.82 Å². The highest BCUT2D eigenvalue weighted by Crippen LogP contribution is 2.38. The fourth-order valence-corrected chi connectivity index (χ4v) is 5.92. The molecule has 55 heavy (non-hydrogen) atoms. The lowest BCUT2D eigenvalue weighted by Crippen LogP contribution is -2.37. The van der Waals surface area contributed by atoms with Crippen molar-refractivity contribution in [2.75, 3.05) is 47.5 Å². The molecule has 0 aliphatic rings. The Bertz CT molecular complexity index is 1140. The molecule has 0 aromatic heterocycles. The molecule has 0 aromatic rings. The summed E-state index contributed by atoms with van der Waals surface area (Å²) < 4.78 is 33.7. The molecular weight excluding hydrogens is 717 g/mol. The maximum absolute atomic E-state index is 12.6. The van der Waals surface area contributed by atoms with Gasteiger partial charge >= 0.3 is 11.9 Å². The van der Waals surface area contributed by atoms with Crippen LogP contribution in [0.15, 0.2) is 60.8 Å². The van der Waals surface area contributed by atoms with E-state index in [0.29, 0.717) is 36.7 Å². The van der Waals surface area contributed by atoms with Crippen molar-refractivity contribution in [2.24, 2.45) is 0 Å². The number of carbonyl (C=O) groups excluding carboxylic acids is 2. The van der Waals surface area contributed by atoms with Crippen LogP contribution in [0.1, 0.15) is 149 Å². The summed E-state index contributed by atoms with van der Waals surface area (Å²) in [6.45, 7) is 3.98. The summed E-state index contributed by atoms with van der Waals surface area (Å²) in [6.07, 6.45) is 38.5. The second kappa shape index (κ2) is 36.0. The van der Waals surface area contributed by atoms with Gasteiger partial charge in [-0.3, -0.25) is 14.2 Å². The summed E-state index contributed by atoms with van der Waals surface area (Å²) >= 11 is 0. The number of hydrogen-bond donors (Lipinski definition) is 1. The molecule has 0 bridgehead atoms. The largest absolute Gasteiger partial charge is 0.756 e. The van der Waals surface area contributed by atoms with Gasteiger partial charge in [0, 0.05) is 12.8 Å². The number of phosphoric ester groups is 1. The molecule has 2 unspecified atom stereocenters. The molecular formula is C44H78NO9P. The first-order valence-corrected chi connectivity index (χ1v) is 22.6. The molecule has 1 N–H and O–H groups in total. The molecule has 0 aliphatic carbocycles. The van der Waals surface area contributed by atoms with Crippen molar-refractivity contribution in [1.29, 1.82) is 0 Å². The predicted octanol–water partition coefficient (Wildman–Crippen LogP) is 10.0. The summed E-state index contributed by atoms with van der Waals surface area (Å²) in [4.78, 5) is 37.4. The normalized spacial score (nSPS) is 14.8. The second-order valence-corrected chi connectivity index (χ2v) is 16.6. The number of aliphatic hydroxyl groups is 1. The zero-order valence-electron chi connectivity index (χ0n) is 35.2. The molecule has 0 fully saturated rings. The van der Waals surface area contributed by atoms with Crippen molar-refractivity contribution in [2.45, 2.75) is 161 Å². The quantitative estimate of drug-likeness (QED) is 0.0163. The summed E-state index contributed by atoms with van der Waals surface area (Å²) in [6, 6.07) is 0. The number of unbranched alkanes of at least 4 members (excludes halogenated alkanes) is 13. The number of nitrogens with zero attached hydrogens (tertiary/aromatic N) is 1. The third kappa shape index (κ3) is 39.7. The molecule has 0 aromatic carbocycles. The number of rotatable bonds is 37. The van der Waals surface area contributed by atoms with E-state index in [0.717, 1.165) is 51.4 Å². The van der Waals surface area contributed by atoms with Crippen molar-refractivity contribution < 1.29 is 47.2 Å². The zero-order chi connectivity index (χ0) is 40.9. The molecule has 0 saturated heterocycles. The average molecular weight is 796 g/mol. The van der Waals surface area contributed by atoms with Crippen LogP contribution >= 0.6 is 7.82 Å². The molecule has 11 heteroatoms. The van der Waals surface area contributed by atoms with Gasteiger partial charge in [-0.25, -0.2) is 0 Å². The number of esters is 2. The van der Waals surface area contributed by atoms with Gasteiger partial charge in [0.05, 0.1) is 33.9 Å². The van der Waals surface area contributed by atoms with Crippen LogP contribution in [0, 0.1) is 0 Å². The SMILES string of the molecule is CCCCC/C=C\C/C=C\CC(O)/C=C\C=C\CCCC(=O)OC[C@H](COP(=O)([O-])OCC[N+](C)(C)C)OC(=O)CCCCCCC/C=C\CCCCCC. The van der Waals surface area contributed by atoms with Gasteiger partial charge < -0.3 is 33.0 Å². The van der Waals surface area contributed by atoms with E-state index in [1.54, 1.807) is 12.2 Å². The minimum atomic E-state index is -4.66. The molecule has 0 rings (SSSR count). The van der Waals surface area contributed by atoms with Crippen molar-refractivity contribution in [1.82, 2.24) is 0 Å². The van der Waals surface area contributed by atoms with Crippen LogP contribution in [0.5, 0.6) is 0 Å². The Morgan fingerprint density at radius 1 is 0.673 bits per heavy atom. The van der Waals surface area contributed by atoms with Crippen LogP contribution in [-0.2, 0) is 32.7 Å². The summed E-state index contributed by atoms with van der Waals surface area (Å²) in [5.41, 5.74) is 0. The number of hydrogen-bond acceptors (Lipinski definition) is 9. The van der Waals surface area contributed by atoms with E-state index in [-0.39, 0.29) is 26.1 Å². The Morgan fingerprint density at radius 2 is 1.24 bits per heavy atom. The van der Waals surface area contributed by atoms with Crippen molar-refractivity contribution in [3.05, 3.63) is 60.8 Å². The molecule has 0 spiro atoms. The summed E-state index contributed by atoms with van der Waals surface area (Å²) in [5.74, 6) is -0.981. The number of carbonyl (C=O) groups is 2. The molecule has 0 radical (unpaired) electrons. The van der Waals surface area contributed by atoms with Gasteiger partial charge in [-0.2, -0.15) is 0 Å². The van der Waals surface area contributed by atoms with E-state index in [4.69, 9.17) is 18.5 Å². The first-order chi connectivity index (χ1) is 26.4. The minimum Gasteiger partial charge on any atom is -0.756 e.